The number of aryl methyl sites for hydroxylation is 1. The quantitative estimate of drug-likeness (QED) is 0.874. The van der Waals surface area contributed by atoms with Gasteiger partial charge >= 0.3 is 0 Å². The molecule has 0 unspecified atom stereocenters. The number of hydrogen-bond acceptors (Lipinski definition) is 2. The highest BCUT2D eigenvalue weighted by atomic mass is 16.5. The summed E-state index contributed by atoms with van der Waals surface area (Å²) in [5.74, 6) is -0.0450. The van der Waals surface area contributed by atoms with Crippen molar-refractivity contribution in [2.24, 2.45) is 0 Å². The Balaban J connectivity index is 2.06. The lowest BCUT2D eigenvalue weighted by atomic mass is 10.0. The summed E-state index contributed by atoms with van der Waals surface area (Å²) in [5, 5.41) is 3.10. The smallest absolute Gasteiger partial charge is 0.251 e. The highest BCUT2D eigenvalue weighted by Crippen LogP contribution is 2.18. The maximum absolute atomic E-state index is 12.4. The Hall–Kier alpha value is -2.13. The number of carbonyl (C=O) groups excluding carboxylic acids is 1. The summed E-state index contributed by atoms with van der Waals surface area (Å²) in [5.41, 5.74) is 4.09. The number of ether oxygens (including phenoxy) is 1. The van der Waals surface area contributed by atoms with E-state index in [2.05, 4.69) is 43.4 Å². The van der Waals surface area contributed by atoms with E-state index in [0.717, 1.165) is 17.5 Å². The first-order valence-corrected chi connectivity index (χ1v) is 7.59. The van der Waals surface area contributed by atoms with E-state index in [4.69, 9.17) is 4.74 Å². The van der Waals surface area contributed by atoms with Crippen molar-refractivity contribution in [2.45, 2.75) is 32.9 Å². The average molecular weight is 297 g/mol. The van der Waals surface area contributed by atoms with Gasteiger partial charge in [-0.05, 0) is 36.6 Å². The normalized spacial score (nSPS) is 12.0. The molecule has 0 saturated carbocycles. The van der Waals surface area contributed by atoms with Crippen molar-refractivity contribution >= 4 is 5.91 Å². The van der Waals surface area contributed by atoms with Crippen molar-refractivity contribution in [1.82, 2.24) is 5.32 Å². The van der Waals surface area contributed by atoms with E-state index in [1.54, 1.807) is 7.11 Å². The third-order valence-electron chi connectivity index (χ3n) is 3.72. The summed E-state index contributed by atoms with van der Waals surface area (Å²) in [6, 6.07) is 15.9. The maximum atomic E-state index is 12.4. The second-order valence-corrected chi connectivity index (χ2v) is 5.47. The molecule has 0 aliphatic rings. The minimum Gasteiger partial charge on any atom is -0.380 e. The van der Waals surface area contributed by atoms with E-state index in [0.29, 0.717) is 12.2 Å². The Labute approximate surface area is 132 Å². The zero-order valence-electron chi connectivity index (χ0n) is 13.4. The summed E-state index contributed by atoms with van der Waals surface area (Å²) < 4.78 is 5.08. The molecule has 2 aromatic carbocycles. The molecule has 2 aromatic rings. The van der Waals surface area contributed by atoms with Gasteiger partial charge in [0.15, 0.2) is 0 Å². The van der Waals surface area contributed by atoms with Crippen LogP contribution in [0.15, 0.2) is 48.5 Å². The van der Waals surface area contributed by atoms with Crippen LogP contribution in [0.25, 0.3) is 0 Å². The molecule has 1 amide bonds. The molecular formula is C19H23NO2. The van der Waals surface area contributed by atoms with Gasteiger partial charge in [-0.25, -0.2) is 0 Å². The van der Waals surface area contributed by atoms with Crippen molar-refractivity contribution in [1.29, 1.82) is 0 Å². The van der Waals surface area contributed by atoms with Crippen LogP contribution in [0.1, 0.15) is 46.4 Å². The predicted octanol–water partition coefficient (Wildman–Crippen LogP) is 4.02. The first-order chi connectivity index (χ1) is 10.6. The topological polar surface area (TPSA) is 38.3 Å². The number of methoxy groups -OCH3 is 1. The number of benzene rings is 2. The van der Waals surface area contributed by atoms with E-state index in [1.807, 2.05) is 24.3 Å². The molecule has 1 atom stereocenters. The standard InChI is InChI=1S/C19H23NO2/c1-4-18(16-9-5-14(2)6-10-16)20-19(21)17-11-7-15(8-12-17)13-22-3/h5-12,18H,4,13H2,1-3H3,(H,20,21)/t18-/m0/s1. The van der Waals surface area contributed by atoms with Gasteiger partial charge in [-0.15, -0.1) is 0 Å². The summed E-state index contributed by atoms with van der Waals surface area (Å²) >= 11 is 0. The summed E-state index contributed by atoms with van der Waals surface area (Å²) in [6.45, 7) is 4.69. The van der Waals surface area contributed by atoms with Gasteiger partial charge in [0.25, 0.3) is 5.91 Å². The van der Waals surface area contributed by atoms with E-state index in [9.17, 15) is 4.79 Å². The van der Waals surface area contributed by atoms with Crippen LogP contribution < -0.4 is 5.32 Å². The average Bonchev–Trinajstić information content (AvgIpc) is 2.54. The van der Waals surface area contributed by atoms with Crippen molar-refractivity contribution in [3.8, 4) is 0 Å². The second kappa shape index (κ2) is 7.76. The molecule has 0 heterocycles. The molecule has 0 aliphatic heterocycles. The number of amides is 1. The Morgan fingerprint density at radius 1 is 1.09 bits per heavy atom. The number of nitrogens with one attached hydrogen (secondary N) is 1. The van der Waals surface area contributed by atoms with Crippen molar-refractivity contribution in [2.75, 3.05) is 7.11 Å². The molecule has 0 aromatic heterocycles. The zero-order chi connectivity index (χ0) is 15.9. The molecule has 0 saturated heterocycles. The fourth-order valence-electron chi connectivity index (χ4n) is 2.38. The highest BCUT2D eigenvalue weighted by Gasteiger charge is 2.13. The molecule has 0 radical (unpaired) electrons. The molecule has 1 N–H and O–H groups in total. The number of carbonyl (C=O) groups is 1. The molecule has 3 nitrogen and oxygen atoms in total. The van der Waals surface area contributed by atoms with Gasteiger partial charge in [0, 0.05) is 12.7 Å². The highest BCUT2D eigenvalue weighted by molar-refractivity contribution is 5.94. The molecule has 3 heteroatoms. The second-order valence-electron chi connectivity index (χ2n) is 5.47. The van der Waals surface area contributed by atoms with Gasteiger partial charge in [0.05, 0.1) is 12.6 Å². The molecule has 0 aliphatic carbocycles. The molecule has 116 valence electrons. The molecule has 0 fully saturated rings. The predicted molar refractivity (Wildman–Crippen MR) is 88.8 cm³/mol. The van der Waals surface area contributed by atoms with Gasteiger partial charge in [0.1, 0.15) is 0 Å². The summed E-state index contributed by atoms with van der Waals surface area (Å²) in [6.07, 6.45) is 0.858. The van der Waals surface area contributed by atoms with Crippen LogP contribution >= 0.6 is 0 Å². The molecule has 0 bridgehead atoms. The number of rotatable bonds is 6. The van der Waals surface area contributed by atoms with Gasteiger partial charge in [-0.1, -0.05) is 48.9 Å². The third kappa shape index (κ3) is 4.18. The summed E-state index contributed by atoms with van der Waals surface area (Å²) in [4.78, 5) is 12.4. The lowest BCUT2D eigenvalue weighted by Crippen LogP contribution is -2.28. The monoisotopic (exact) mass is 297 g/mol. The van der Waals surface area contributed by atoms with Crippen molar-refractivity contribution in [3.63, 3.8) is 0 Å². The Kier molecular flexibility index (Phi) is 5.73. The van der Waals surface area contributed by atoms with Gasteiger partial charge in [0.2, 0.25) is 0 Å². The molecule has 0 spiro atoms. The largest absolute Gasteiger partial charge is 0.380 e. The van der Waals surface area contributed by atoms with Gasteiger partial charge in [-0.2, -0.15) is 0 Å². The Bertz CT molecular complexity index is 602. The maximum Gasteiger partial charge on any atom is 0.251 e. The first-order valence-electron chi connectivity index (χ1n) is 7.59. The minimum absolute atomic E-state index is 0.0340. The fraction of sp³-hybridized carbons (Fsp3) is 0.316. The van der Waals surface area contributed by atoms with Crippen molar-refractivity contribution in [3.05, 3.63) is 70.8 Å². The lowest BCUT2D eigenvalue weighted by Gasteiger charge is -2.18. The third-order valence-corrected chi connectivity index (χ3v) is 3.72. The van der Waals surface area contributed by atoms with Crippen molar-refractivity contribution < 1.29 is 9.53 Å². The first kappa shape index (κ1) is 16.2. The SMILES string of the molecule is CC[C@H](NC(=O)c1ccc(COC)cc1)c1ccc(C)cc1. The van der Waals surface area contributed by atoms with E-state index in [-0.39, 0.29) is 11.9 Å². The fourth-order valence-corrected chi connectivity index (χ4v) is 2.38. The Morgan fingerprint density at radius 2 is 1.73 bits per heavy atom. The van der Waals surface area contributed by atoms with E-state index in [1.165, 1.54) is 5.56 Å². The van der Waals surface area contributed by atoms with Crippen LogP contribution in [0.5, 0.6) is 0 Å². The van der Waals surface area contributed by atoms with Crippen LogP contribution in [-0.4, -0.2) is 13.0 Å². The lowest BCUT2D eigenvalue weighted by molar-refractivity contribution is 0.0935. The van der Waals surface area contributed by atoms with Crippen LogP contribution in [-0.2, 0) is 11.3 Å². The van der Waals surface area contributed by atoms with E-state index >= 15 is 0 Å². The van der Waals surface area contributed by atoms with Crippen LogP contribution in [0.4, 0.5) is 0 Å². The van der Waals surface area contributed by atoms with E-state index < -0.39 is 0 Å². The summed E-state index contributed by atoms with van der Waals surface area (Å²) in [7, 11) is 1.66. The zero-order valence-corrected chi connectivity index (χ0v) is 13.4. The molecule has 2 rings (SSSR count). The molecular weight excluding hydrogens is 274 g/mol. The Morgan fingerprint density at radius 3 is 2.27 bits per heavy atom. The van der Waals surface area contributed by atoms with Gasteiger partial charge < -0.3 is 10.1 Å². The van der Waals surface area contributed by atoms with Crippen LogP contribution in [0.3, 0.4) is 0 Å². The minimum atomic E-state index is -0.0450. The van der Waals surface area contributed by atoms with Crippen LogP contribution in [0.2, 0.25) is 0 Å². The molecule has 22 heavy (non-hydrogen) atoms. The van der Waals surface area contributed by atoms with Gasteiger partial charge in [-0.3, -0.25) is 4.79 Å². The number of hydrogen-bond donors (Lipinski definition) is 1. The van der Waals surface area contributed by atoms with Crippen LogP contribution in [0, 0.1) is 6.92 Å².